The first kappa shape index (κ1) is 16.3. The van der Waals surface area contributed by atoms with E-state index in [0.29, 0.717) is 6.54 Å². The van der Waals surface area contributed by atoms with E-state index < -0.39 is 0 Å². The predicted octanol–water partition coefficient (Wildman–Crippen LogP) is 5.14. The third-order valence-corrected chi connectivity index (χ3v) is 4.47. The second-order valence-electron chi connectivity index (χ2n) is 6.26. The van der Waals surface area contributed by atoms with E-state index in [1.54, 1.807) is 7.11 Å². The maximum atomic E-state index is 6.17. The van der Waals surface area contributed by atoms with Gasteiger partial charge in [0.2, 0.25) is 0 Å². The molecule has 3 aromatic carbocycles. The Labute approximate surface area is 154 Å². The van der Waals surface area contributed by atoms with Gasteiger partial charge in [0.1, 0.15) is 17.3 Å². The van der Waals surface area contributed by atoms with Gasteiger partial charge in [-0.3, -0.25) is 0 Å². The number of anilines is 1. The molecule has 3 aromatic rings. The number of nitrogens with zero attached hydrogens (tertiary/aromatic N) is 1. The summed E-state index contributed by atoms with van der Waals surface area (Å²) >= 11 is 0. The number of hydrogen-bond acceptors (Lipinski definition) is 3. The lowest BCUT2D eigenvalue weighted by atomic mass is 10.1. The van der Waals surface area contributed by atoms with Gasteiger partial charge in [0, 0.05) is 12.1 Å². The van der Waals surface area contributed by atoms with Crippen LogP contribution in [0.15, 0.2) is 84.6 Å². The van der Waals surface area contributed by atoms with Crippen LogP contribution in [0, 0.1) is 0 Å². The van der Waals surface area contributed by atoms with Crippen molar-refractivity contribution >= 4 is 11.8 Å². The molecule has 0 saturated heterocycles. The molecule has 0 aromatic heterocycles. The molecule has 0 spiro atoms. The summed E-state index contributed by atoms with van der Waals surface area (Å²) in [6, 6.07) is 26.7. The Morgan fingerprint density at radius 3 is 2.50 bits per heavy atom. The summed E-state index contributed by atoms with van der Waals surface area (Å²) in [6.07, 6.45) is 2.06. The van der Waals surface area contributed by atoms with Crippen molar-refractivity contribution in [1.82, 2.24) is 0 Å². The van der Waals surface area contributed by atoms with Crippen LogP contribution in [0.3, 0.4) is 0 Å². The zero-order valence-electron chi connectivity index (χ0n) is 14.8. The van der Waals surface area contributed by atoms with Gasteiger partial charge in [0.05, 0.1) is 19.3 Å². The fourth-order valence-corrected chi connectivity index (χ4v) is 3.23. The van der Waals surface area contributed by atoms with Gasteiger partial charge < -0.3 is 14.4 Å². The van der Waals surface area contributed by atoms with Crippen LogP contribution < -0.4 is 14.4 Å². The standard InChI is InChI=1S/C23H21NO2/c1-25-22-13-7-5-11-19(22)15-20-17-24(16-18-9-3-2-4-10-18)21-12-6-8-14-23(21)26-20/h2-15H,16-17H2,1H3/b20-15+. The molecule has 0 saturated carbocycles. The first-order valence-electron chi connectivity index (χ1n) is 8.73. The van der Waals surface area contributed by atoms with Crippen LogP contribution in [0.25, 0.3) is 6.08 Å². The molecule has 3 nitrogen and oxygen atoms in total. The van der Waals surface area contributed by atoms with Gasteiger partial charge in [-0.15, -0.1) is 0 Å². The molecule has 1 aliphatic rings. The van der Waals surface area contributed by atoms with Gasteiger partial charge in [-0.2, -0.15) is 0 Å². The lowest BCUT2D eigenvalue weighted by Crippen LogP contribution is -2.30. The summed E-state index contributed by atoms with van der Waals surface area (Å²) in [4.78, 5) is 2.34. The third kappa shape index (κ3) is 3.42. The highest BCUT2D eigenvalue weighted by atomic mass is 16.5. The normalized spacial score (nSPS) is 14.7. The molecule has 130 valence electrons. The Balaban J connectivity index is 1.68. The summed E-state index contributed by atoms with van der Waals surface area (Å²) in [7, 11) is 1.69. The molecule has 0 aliphatic carbocycles. The molecule has 26 heavy (non-hydrogen) atoms. The Hall–Kier alpha value is -3.20. The highest BCUT2D eigenvalue weighted by Gasteiger charge is 2.21. The van der Waals surface area contributed by atoms with Crippen molar-refractivity contribution in [2.24, 2.45) is 0 Å². The van der Waals surface area contributed by atoms with Gasteiger partial charge in [-0.1, -0.05) is 60.7 Å². The molecule has 0 fully saturated rings. The topological polar surface area (TPSA) is 21.7 Å². The van der Waals surface area contributed by atoms with Crippen LogP contribution in [-0.4, -0.2) is 13.7 Å². The van der Waals surface area contributed by atoms with Gasteiger partial charge in [-0.25, -0.2) is 0 Å². The number of hydrogen-bond donors (Lipinski definition) is 0. The lowest BCUT2D eigenvalue weighted by Gasteiger charge is -2.32. The van der Waals surface area contributed by atoms with E-state index in [9.17, 15) is 0 Å². The number of ether oxygens (including phenoxy) is 2. The highest BCUT2D eigenvalue weighted by Crippen LogP contribution is 2.36. The van der Waals surface area contributed by atoms with Crippen LogP contribution in [-0.2, 0) is 6.54 Å². The molecule has 1 heterocycles. The fourth-order valence-electron chi connectivity index (χ4n) is 3.23. The quantitative estimate of drug-likeness (QED) is 0.655. The van der Waals surface area contributed by atoms with E-state index in [0.717, 1.165) is 35.1 Å². The number of rotatable bonds is 4. The highest BCUT2D eigenvalue weighted by molar-refractivity contribution is 5.66. The maximum absolute atomic E-state index is 6.17. The van der Waals surface area contributed by atoms with Crippen LogP contribution in [0.1, 0.15) is 11.1 Å². The Morgan fingerprint density at radius 2 is 1.65 bits per heavy atom. The fraction of sp³-hybridized carbons (Fsp3) is 0.130. The Bertz CT molecular complexity index is 918. The number of fused-ring (bicyclic) bond motifs is 1. The SMILES string of the molecule is COc1ccccc1/C=C1\CN(Cc2ccccc2)c2ccccc2O1. The van der Waals surface area contributed by atoms with Gasteiger partial charge in [-0.05, 0) is 29.8 Å². The average molecular weight is 343 g/mol. The largest absolute Gasteiger partial charge is 0.496 e. The second kappa shape index (κ2) is 7.36. The molecular formula is C23H21NO2. The van der Waals surface area contributed by atoms with E-state index in [2.05, 4.69) is 47.4 Å². The maximum Gasteiger partial charge on any atom is 0.150 e. The van der Waals surface area contributed by atoms with Crippen molar-refractivity contribution < 1.29 is 9.47 Å². The zero-order valence-corrected chi connectivity index (χ0v) is 14.8. The average Bonchev–Trinajstić information content (AvgIpc) is 2.69. The van der Waals surface area contributed by atoms with Crippen LogP contribution in [0.4, 0.5) is 5.69 Å². The number of methoxy groups -OCH3 is 1. The van der Waals surface area contributed by atoms with Gasteiger partial charge >= 0.3 is 0 Å². The van der Waals surface area contributed by atoms with Gasteiger partial charge in [0.25, 0.3) is 0 Å². The van der Waals surface area contributed by atoms with Crippen molar-refractivity contribution in [2.45, 2.75) is 6.54 Å². The van der Waals surface area contributed by atoms with Crippen LogP contribution >= 0.6 is 0 Å². The molecule has 0 radical (unpaired) electrons. The molecule has 3 heteroatoms. The van der Waals surface area contributed by atoms with Crippen molar-refractivity contribution in [3.05, 3.63) is 95.7 Å². The minimum absolute atomic E-state index is 0.712. The predicted molar refractivity (Wildman–Crippen MR) is 106 cm³/mol. The second-order valence-corrected chi connectivity index (χ2v) is 6.26. The summed E-state index contributed by atoms with van der Waals surface area (Å²) < 4.78 is 11.6. The molecule has 0 amide bonds. The monoisotopic (exact) mass is 343 g/mol. The summed E-state index contributed by atoms with van der Waals surface area (Å²) in [5, 5.41) is 0. The Kier molecular flexibility index (Phi) is 4.61. The first-order chi connectivity index (χ1) is 12.8. The molecule has 4 rings (SSSR count). The minimum Gasteiger partial charge on any atom is -0.496 e. The zero-order chi connectivity index (χ0) is 17.8. The molecule has 0 N–H and O–H groups in total. The Morgan fingerprint density at radius 1 is 0.923 bits per heavy atom. The van der Waals surface area contributed by atoms with Gasteiger partial charge in [0.15, 0.2) is 0 Å². The summed E-state index contributed by atoms with van der Waals surface area (Å²) in [6.45, 7) is 1.55. The summed E-state index contributed by atoms with van der Waals surface area (Å²) in [5.41, 5.74) is 3.42. The van der Waals surface area contributed by atoms with E-state index in [4.69, 9.17) is 9.47 Å². The molecule has 0 bridgehead atoms. The smallest absolute Gasteiger partial charge is 0.150 e. The number of para-hydroxylation sites is 3. The van der Waals surface area contributed by atoms with E-state index >= 15 is 0 Å². The minimum atomic E-state index is 0.712. The number of benzene rings is 3. The van der Waals surface area contributed by atoms with Crippen molar-refractivity contribution in [3.8, 4) is 11.5 Å². The van der Waals surface area contributed by atoms with Crippen molar-refractivity contribution in [3.63, 3.8) is 0 Å². The van der Waals surface area contributed by atoms with E-state index in [-0.39, 0.29) is 0 Å². The van der Waals surface area contributed by atoms with E-state index in [1.165, 1.54) is 5.56 Å². The molecule has 0 atom stereocenters. The molecule has 1 aliphatic heterocycles. The third-order valence-electron chi connectivity index (χ3n) is 4.47. The lowest BCUT2D eigenvalue weighted by molar-refractivity contribution is 0.397. The molecular weight excluding hydrogens is 322 g/mol. The summed E-state index contributed by atoms with van der Waals surface area (Å²) in [5.74, 6) is 2.64. The van der Waals surface area contributed by atoms with Crippen molar-refractivity contribution in [2.75, 3.05) is 18.6 Å². The van der Waals surface area contributed by atoms with Crippen LogP contribution in [0.2, 0.25) is 0 Å². The van der Waals surface area contributed by atoms with Crippen LogP contribution in [0.5, 0.6) is 11.5 Å². The first-order valence-corrected chi connectivity index (χ1v) is 8.73. The molecule has 0 unspecified atom stereocenters. The van der Waals surface area contributed by atoms with E-state index in [1.807, 2.05) is 42.5 Å². The van der Waals surface area contributed by atoms with Crippen molar-refractivity contribution in [1.29, 1.82) is 0 Å².